The lowest BCUT2D eigenvalue weighted by molar-refractivity contribution is 0.102. The van der Waals surface area contributed by atoms with Gasteiger partial charge in [-0.3, -0.25) is 9.52 Å². The van der Waals surface area contributed by atoms with Crippen molar-refractivity contribution in [3.05, 3.63) is 82.9 Å². The lowest BCUT2D eigenvalue weighted by atomic mass is 10.1. The number of carbonyl (C=O) groups excluding carboxylic acids is 1. The zero-order valence-corrected chi connectivity index (χ0v) is 18.6. The summed E-state index contributed by atoms with van der Waals surface area (Å²) in [6, 6.07) is 15.8. The van der Waals surface area contributed by atoms with Crippen molar-refractivity contribution in [2.45, 2.75) is 16.7 Å². The molecule has 0 spiro atoms. The van der Waals surface area contributed by atoms with Crippen molar-refractivity contribution < 1.29 is 21.6 Å². The Kier molecular flexibility index (Phi) is 6.37. The van der Waals surface area contributed by atoms with Crippen LogP contribution in [0.5, 0.6) is 0 Å². The highest BCUT2D eigenvalue weighted by molar-refractivity contribution is 7.92. The summed E-state index contributed by atoms with van der Waals surface area (Å²) in [6.45, 7) is 1.61. The van der Waals surface area contributed by atoms with Crippen LogP contribution in [0.4, 0.5) is 11.4 Å². The van der Waals surface area contributed by atoms with Crippen molar-refractivity contribution in [1.29, 1.82) is 0 Å². The molecule has 0 saturated heterocycles. The molecule has 0 aromatic heterocycles. The monoisotopic (exact) mass is 479 g/mol. The zero-order valence-electron chi connectivity index (χ0n) is 16.2. The Morgan fingerprint density at radius 2 is 1.58 bits per heavy atom. The van der Waals surface area contributed by atoms with Gasteiger partial charge in [0, 0.05) is 16.3 Å². The summed E-state index contributed by atoms with van der Waals surface area (Å²) in [4.78, 5) is 12.4. The van der Waals surface area contributed by atoms with Gasteiger partial charge in [-0.25, -0.2) is 22.0 Å². The largest absolute Gasteiger partial charge is 0.322 e. The van der Waals surface area contributed by atoms with E-state index in [0.29, 0.717) is 16.3 Å². The van der Waals surface area contributed by atoms with Crippen LogP contribution >= 0.6 is 11.6 Å². The fraction of sp³-hybridized carbons (Fsp3) is 0.0500. The Hall–Kier alpha value is -2.92. The second kappa shape index (κ2) is 8.67. The second-order valence-electron chi connectivity index (χ2n) is 6.62. The van der Waals surface area contributed by atoms with E-state index in [0.717, 1.165) is 0 Å². The lowest BCUT2D eigenvalue weighted by Crippen LogP contribution is -2.17. The van der Waals surface area contributed by atoms with Gasteiger partial charge >= 0.3 is 0 Å². The van der Waals surface area contributed by atoms with Crippen LogP contribution in [0.3, 0.4) is 0 Å². The summed E-state index contributed by atoms with van der Waals surface area (Å²) in [5.74, 6) is -0.567. The first-order valence-corrected chi connectivity index (χ1v) is 12.2. The van der Waals surface area contributed by atoms with Crippen molar-refractivity contribution in [1.82, 2.24) is 0 Å². The average molecular weight is 480 g/mol. The van der Waals surface area contributed by atoms with Crippen molar-refractivity contribution in [2.24, 2.45) is 5.14 Å². The lowest BCUT2D eigenvalue weighted by Gasteiger charge is -2.12. The van der Waals surface area contributed by atoms with Gasteiger partial charge in [-0.1, -0.05) is 23.7 Å². The molecule has 3 aromatic carbocycles. The molecule has 0 atom stereocenters. The topological polar surface area (TPSA) is 135 Å². The number of aryl methyl sites for hydroxylation is 1. The molecule has 0 unspecified atom stereocenters. The summed E-state index contributed by atoms with van der Waals surface area (Å²) in [5.41, 5.74) is 1.16. The van der Waals surface area contributed by atoms with Gasteiger partial charge in [0.2, 0.25) is 10.0 Å². The van der Waals surface area contributed by atoms with Crippen molar-refractivity contribution in [2.75, 3.05) is 10.0 Å². The third kappa shape index (κ3) is 5.61. The molecular weight excluding hydrogens is 462 g/mol. The summed E-state index contributed by atoms with van der Waals surface area (Å²) < 4.78 is 50.8. The smallest absolute Gasteiger partial charge is 0.262 e. The molecule has 0 aliphatic heterocycles. The Morgan fingerprint density at radius 1 is 0.903 bits per heavy atom. The molecule has 0 radical (unpaired) electrons. The number of nitrogens with two attached hydrogens (primary N) is 1. The Labute approximate surface area is 185 Å². The number of benzene rings is 3. The molecule has 162 valence electrons. The summed E-state index contributed by atoms with van der Waals surface area (Å²) in [7, 11) is -7.83. The number of halogens is 1. The van der Waals surface area contributed by atoms with Crippen LogP contribution in [0.15, 0.2) is 76.5 Å². The normalized spacial score (nSPS) is 11.7. The first kappa shape index (κ1) is 22.8. The molecule has 0 aliphatic rings. The Morgan fingerprint density at radius 3 is 2.19 bits per heavy atom. The minimum atomic E-state index is -3.98. The van der Waals surface area contributed by atoms with Crippen LogP contribution in [-0.4, -0.2) is 22.7 Å². The van der Waals surface area contributed by atoms with E-state index in [1.807, 2.05) is 0 Å². The van der Waals surface area contributed by atoms with Gasteiger partial charge in [-0.15, -0.1) is 0 Å². The maximum Gasteiger partial charge on any atom is 0.262 e. The SMILES string of the molecule is Cc1ccc(C(=O)Nc2ccc(S(N)(=O)=O)cc2)cc1S(=O)(=O)Nc1cccc(Cl)c1. The standard InChI is InChI=1S/C20H18ClN3O5S2/c1-13-5-6-14(20(25)23-16-7-9-18(10-8-16)30(22,26)27)11-19(13)31(28,29)24-17-4-2-3-15(21)12-17/h2-12,24H,1H3,(H,23,25)(H2,22,26,27). The molecule has 3 aromatic rings. The van der Waals surface area contributed by atoms with Gasteiger partial charge in [0.15, 0.2) is 0 Å². The van der Waals surface area contributed by atoms with Crippen LogP contribution < -0.4 is 15.2 Å². The van der Waals surface area contributed by atoms with E-state index in [1.165, 1.54) is 48.5 Å². The van der Waals surface area contributed by atoms with Crippen LogP contribution in [0.1, 0.15) is 15.9 Å². The van der Waals surface area contributed by atoms with E-state index in [-0.39, 0.29) is 21.0 Å². The highest BCUT2D eigenvalue weighted by Crippen LogP contribution is 2.23. The van der Waals surface area contributed by atoms with Crippen LogP contribution in [0.25, 0.3) is 0 Å². The molecule has 0 heterocycles. The second-order valence-corrected chi connectivity index (χ2v) is 10.3. The molecule has 1 amide bonds. The minimum absolute atomic E-state index is 0.0651. The fourth-order valence-corrected chi connectivity index (χ4v) is 4.75. The van der Waals surface area contributed by atoms with E-state index in [4.69, 9.17) is 16.7 Å². The van der Waals surface area contributed by atoms with Gasteiger partial charge in [-0.2, -0.15) is 0 Å². The highest BCUT2D eigenvalue weighted by atomic mass is 35.5. The molecule has 11 heteroatoms. The molecule has 3 rings (SSSR count). The molecule has 0 fully saturated rings. The van der Waals surface area contributed by atoms with E-state index in [9.17, 15) is 21.6 Å². The van der Waals surface area contributed by atoms with E-state index in [1.54, 1.807) is 25.1 Å². The molecular formula is C20H18ClN3O5S2. The predicted molar refractivity (Wildman–Crippen MR) is 119 cm³/mol. The quantitative estimate of drug-likeness (QED) is 0.498. The highest BCUT2D eigenvalue weighted by Gasteiger charge is 2.20. The summed E-state index contributed by atoms with van der Waals surface area (Å²) >= 11 is 5.90. The number of primary sulfonamides is 1. The molecule has 31 heavy (non-hydrogen) atoms. The molecule has 8 nitrogen and oxygen atoms in total. The van der Waals surface area contributed by atoms with Gasteiger partial charge in [0.25, 0.3) is 15.9 Å². The van der Waals surface area contributed by atoms with Crippen LogP contribution in [0.2, 0.25) is 5.02 Å². The van der Waals surface area contributed by atoms with Crippen LogP contribution in [-0.2, 0) is 20.0 Å². The third-order valence-electron chi connectivity index (χ3n) is 4.26. The Bertz CT molecular complexity index is 1360. The van der Waals surface area contributed by atoms with E-state index in [2.05, 4.69) is 10.0 Å². The van der Waals surface area contributed by atoms with Gasteiger partial charge in [0.1, 0.15) is 0 Å². The number of carbonyl (C=O) groups is 1. The maximum absolute atomic E-state index is 12.8. The summed E-state index contributed by atoms with van der Waals surface area (Å²) in [6.07, 6.45) is 0. The zero-order chi connectivity index (χ0) is 22.8. The van der Waals surface area contributed by atoms with Gasteiger partial charge in [-0.05, 0) is 67.1 Å². The minimum Gasteiger partial charge on any atom is -0.322 e. The number of anilines is 2. The van der Waals surface area contributed by atoms with Crippen molar-refractivity contribution in [3.63, 3.8) is 0 Å². The number of sulfonamides is 2. The van der Waals surface area contributed by atoms with Crippen molar-refractivity contribution >= 4 is 48.9 Å². The average Bonchev–Trinajstić information content (AvgIpc) is 2.67. The maximum atomic E-state index is 12.8. The predicted octanol–water partition coefficient (Wildman–Crippen LogP) is 3.35. The molecule has 0 bridgehead atoms. The number of amides is 1. The number of hydrogen-bond donors (Lipinski definition) is 3. The summed E-state index contributed by atoms with van der Waals surface area (Å²) in [5, 5.41) is 8.01. The fourth-order valence-electron chi connectivity index (χ4n) is 2.72. The van der Waals surface area contributed by atoms with E-state index < -0.39 is 26.0 Å². The first-order chi connectivity index (χ1) is 14.5. The van der Waals surface area contributed by atoms with E-state index >= 15 is 0 Å². The van der Waals surface area contributed by atoms with Crippen LogP contribution in [0, 0.1) is 6.92 Å². The number of nitrogens with one attached hydrogen (secondary N) is 2. The number of rotatable bonds is 6. The molecule has 0 aliphatic carbocycles. The van der Waals surface area contributed by atoms with Crippen molar-refractivity contribution in [3.8, 4) is 0 Å². The number of hydrogen-bond acceptors (Lipinski definition) is 5. The Balaban J connectivity index is 1.85. The van der Waals surface area contributed by atoms with Gasteiger partial charge in [0.05, 0.1) is 15.5 Å². The van der Waals surface area contributed by atoms with Gasteiger partial charge < -0.3 is 5.32 Å². The molecule has 0 saturated carbocycles. The third-order valence-corrected chi connectivity index (χ3v) is 6.95. The first-order valence-electron chi connectivity index (χ1n) is 8.79. The molecule has 4 N–H and O–H groups in total.